The van der Waals surface area contributed by atoms with E-state index in [9.17, 15) is 9.59 Å². The quantitative estimate of drug-likeness (QED) is 0.897. The zero-order valence-corrected chi connectivity index (χ0v) is 13.8. The van der Waals surface area contributed by atoms with Crippen LogP contribution in [0.4, 0.5) is 5.69 Å². The topological polar surface area (TPSA) is 66.4 Å². The molecule has 1 unspecified atom stereocenters. The van der Waals surface area contributed by atoms with Crippen molar-refractivity contribution < 1.29 is 14.7 Å². The van der Waals surface area contributed by atoms with Crippen LogP contribution in [0.25, 0.3) is 0 Å². The van der Waals surface area contributed by atoms with Crippen molar-refractivity contribution in [1.29, 1.82) is 0 Å². The molecule has 4 nitrogen and oxygen atoms in total. The predicted octanol–water partition coefficient (Wildman–Crippen LogP) is 3.75. The second-order valence-electron chi connectivity index (χ2n) is 6.13. The molecule has 3 rings (SSSR count). The van der Waals surface area contributed by atoms with Gasteiger partial charge in [0, 0.05) is 10.6 Å². The van der Waals surface area contributed by atoms with Crippen LogP contribution in [0.15, 0.2) is 30.3 Å². The molecular weight excluding hydrogens is 310 g/mol. The number of carboxylic acid groups (broad SMARTS) is 1. The fourth-order valence-corrected chi connectivity index (χ4v) is 4.05. The second kappa shape index (κ2) is 6.54. The van der Waals surface area contributed by atoms with Crippen molar-refractivity contribution in [2.75, 3.05) is 5.32 Å². The van der Waals surface area contributed by atoms with E-state index >= 15 is 0 Å². The number of fused-ring (bicyclic) bond motifs is 1. The first-order valence-electron chi connectivity index (χ1n) is 7.75. The van der Waals surface area contributed by atoms with E-state index in [1.165, 1.54) is 16.9 Å². The minimum atomic E-state index is -0.881. The molecule has 1 aromatic heterocycles. The minimum Gasteiger partial charge on any atom is -0.481 e. The molecule has 2 N–H and O–H groups in total. The molecular formula is C18H19NO3S. The maximum atomic E-state index is 12.4. The summed E-state index contributed by atoms with van der Waals surface area (Å²) < 4.78 is 0. The lowest BCUT2D eigenvalue weighted by Gasteiger charge is -2.16. The van der Waals surface area contributed by atoms with Gasteiger partial charge in [0.1, 0.15) is 0 Å². The van der Waals surface area contributed by atoms with E-state index in [1.54, 1.807) is 35.6 Å². The van der Waals surface area contributed by atoms with Crippen LogP contribution in [0, 0.1) is 5.92 Å². The third kappa shape index (κ3) is 3.79. The van der Waals surface area contributed by atoms with Gasteiger partial charge in [0.05, 0.1) is 11.3 Å². The molecule has 0 fully saturated rings. The number of nitrogens with one attached hydrogen (secondary N) is 1. The zero-order valence-electron chi connectivity index (χ0n) is 13.0. The van der Waals surface area contributed by atoms with Crippen molar-refractivity contribution in [3.63, 3.8) is 0 Å². The lowest BCUT2D eigenvalue weighted by atomic mass is 9.90. The standard InChI is InChI=1S/C18H19NO3S/c1-11-5-6-15-13(7-11)10-16(23-15)18(22)19-14-4-2-3-12(8-14)9-17(20)21/h2-4,8,10-11H,5-7,9H2,1H3,(H,19,22)(H,20,21). The first-order valence-corrected chi connectivity index (χ1v) is 8.56. The minimum absolute atomic E-state index is 0.0467. The molecule has 1 heterocycles. The highest BCUT2D eigenvalue weighted by Gasteiger charge is 2.20. The molecule has 0 saturated carbocycles. The fraction of sp³-hybridized carbons (Fsp3) is 0.333. The third-order valence-electron chi connectivity index (χ3n) is 4.09. The third-order valence-corrected chi connectivity index (χ3v) is 5.33. The van der Waals surface area contributed by atoms with E-state index in [2.05, 4.69) is 12.2 Å². The monoisotopic (exact) mass is 329 g/mol. The Bertz CT molecular complexity index is 750. The largest absolute Gasteiger partial charge is 0.481 e. The van der Waals surface area contributed by atoms with Gasteiger partial charge >= 0.3 is 5.97 Å². The van der Waals surface area contributed by atoms with Gasteiger partial charge in [-0.3, -0.25) is 9.59 Å². The number of carboxylic acids is 1. The van der Waals surface area contributed by atoms with E-state index in [4.69, 9.17) is 5.11 Å². The number of hydrogen-bond donors (Lipinski definition) is 2. The Hall–Kier alpha value is -2.14. The Kier molecular flexibility index (Phi) is 4.48. The molecule has 1 aromatic carbocycles. The average molecular weight is 329 g/mol. The molecule has 0 saturated heterocycles. The van der Waals surface area contributed by atoms with Gasteiger partial charge in [-0.05, 0) is 54.5 Å². The van der Waals surface area contributed by atoms with Crippen LogP contribution in [-0.2, 0) is 24.1 Å². The second-order valence-corrected chi connectivity index (χ2v) is 7.27. The number of amides is 1. The summed E-state index contributed by atoms with van der Waals surface area (Å²) in [6.45, 7) is 2.24. The number of carbonyl (C=O) groups is 2. The van der Waals surface area contributed by atoms with E-state index in [-0.39, 0.29) is 12.3 Å². The highest BCUT2D eigenvalue weighted by atomic mass is 32.1. The molecule has 0 radical (unpaired) electrons. The van der Waals surface area contributed by atoms with Crippen LogP contribution in [0.3, 0.4) is 0 Å². The molecule has 23 heavy (non-hydrogen) atoms. The van der Waals surface area contributed by atoms with Gasteiger partial charge in [-0.2, -0.15) is 0 Å². The number of carbonyl (C=O) groups excluding carboxylic acids is 1. The molecule has 0 aliphatic heterocycles. The number of hydrogen-bond acceptors (Lipinski definition) is 3. The molecule has 120 valence electrons. The Morgan fingerprint density at radius 2 is 2.17 bits per heavy atom. The van der Waals surface area contributed by atoms with Crippen molar-refractivity contribution in [2.45, 2.75) is 32.6 Å². The van der Waals surface area contributed by atoms with Gasteiger partial charge in [-0.15, -0.1) is 11.3 Å². The van der Waals surface area contributed by atoms with Crippen molar-refractivity contribution in [3.05, 3.63) is 51.2 Å². The summed E-state index contributed by atoms with van der Waals surface area (Å²) in [4.78, 5) is 25.3. The van der Waals surface area contributed by atoms with Crippen LogP contribution < -0.4 is 5.32 Å². The van der Waals surface area contributed by atoms with Gasteiger partial charge < -0.3 is 10.4 Å². The molecule has 1 amide bonds. The zero-order chi connectivity index (χ0) is 16.4. The summed E-state index contributed by atoms with van der Waals surface area (Å²) in [5.74, 6) is -0.321. The fourth-order valence-electron chi connectivity index (χ4n) is 2.94. The Morgan fingerprint density at radius 3 is 2.96 bits per heavy atom. The molecule has 1 aliphatic carbocycles. The van der Waals surface area contributed by atoms with Crippen LogP contribution in [0.5, 0.6) is 0 Å². The summed E-state index contributed by atoms with van der Waals surface area (Å²) >= 11 is 1.57. The van der Waals surface area contributed by atoms with Crippen molar-refractivity contribution >= 4 is 28.9 Å². The van der Waals surface area contributed by atoms with Gasteiger partial charge in [0.2, 0.25) is 0 Å². The first-order chi connectivity index (χ1) is 11.0. The maximum absolute atomic E-state index is 12.4. The van der Waals surface area contributed by atoms with Crippen molar-refractivity contribution in [3.8, 4) is 0 Å². The van der Waals surface area contributed by atoms with E-state index in [1.807, 2.05) is 6.07 Å². The SMILES string of the molecule is CC1CCc2sc(C(=O)Nc3cccc(CC(=O)O)c3)cc2C1. The number of anilines is 1. The van der Waals surface area contributed by atoms with E-state index < -0.39 is 5.97 Å². The molecule has 0 spiro atoms. The first kappa shape index (κ1) is 15.7. The summed E-state index contributed by atoms with van der Waals surface area (Å²) in [7, 11) is 0. The summed E-state index contributed by atoms with van der Waals surface area (Å²) in [6.07, 6.45) is 3.25. The van der Waals surface area contributed by atoms with Gasteiger partial charge in [-0.25, -0.2) is 0 Å². The van der Waals surface area contributed by atoms with E-state index in [0.29, 0.717) is 17.2 Å². The van der Waals surface area contributed by atoms with Crippen LogP contribution in [0.1, 0.15) is 39.0 Å². The highest BCUT2D eigenvalue weighted by molar-refractivity contribution is 7.14. The number of aliphatic carboxylic acids is 1. The summed E-state index contributed by atoms with van der Waals surface area (Å²) in [5, 5.41) is 11.7. The average Bonchev–Trinajstić information content (AvgIpc) is 2.90. The smallest absolute Gasteiger partial charge is 0.307 e. The van der Waals surface area contributed by atoms with Gasteiger partial charge in [0.25, 0.3) is 5.91 Å². The van der Waals surface area contributed by atoms with Crippen LogP contribution >= 0.6 is 11.3 Å². The number of rotatable bonds is 4. The van der Waals surface area contributed by atoms with Gasteiger partial charge in [-0.1, -0.05) is 19.1 Å². The van der Waals surface area contributed by atoms with Crippen molar-refractivity contribution in [1.82, 2.24) is 0 Å². The Labute approximate surface area is 139 Å². The van der Waals surface area contributed by atoms with Gasteiger partial charge in [0.15, 0.2) is 0 Å². The number of aryl methyl sites for hydroxylation is 1. The van der Waals surface area contributed by atoms with Crippen LogP contribution in [0.2, 0.25) is 0 Å². The lowest BCUT2D eigenvalue weighted by molar-refractivity contribution is -0.136. The normalized spacial score (nSPS) is 16.7. The maximum Gasteiger partial charge on any atom is 0.307 e. The van der Waals surface area contributed by atoms with Crippen molar-refractivity contribution in [2.24, 2.45) is 5.92 Å². The Morgan fingerprint density at radius 1 is 1.35 bits per heavy atom. The molecule has 1 atom stereocenters. The Balaban J connectivity index is 1.73. The lowest BCUT2D eigenvalue weighted by Crippen LogP contribution is -2.11. The van der Waals surface area contributed by atoms with Crippen LogP contribution in [-0.4, -0.2) is 17.0 Å². The number of thiophene rings is 1. The highest BCUT2D eigenvalue weighted by Crippen LogP contribution is 2.32. The molecule has 5 heteroatoms. The predicted molar refractivity (Wildman–Crippen MR) is 91.2 cm³/mol. The molecule has 1 aliphatic rings. The van der Waals surface area contributed by atoms with E-state index in [0.717, 1.165) is 17.7 Å². The number of benzene rings is 1. The summed E-state index contributed by atoms with van der Waals surface area (Å²) in [5.41, 5.74) is 2.61. The summed E-state index contributed by atoms with van der Waals surface area (Å²) in [6, 6.07) is 9.00. The molecule has 0 bridgehead atoms. The molecule has 2 aromatic rings.